The first-order valence-corrected chi connectivity index (χ1v) is 4.91. The number of hydrogen-bond acceptors (Lipinski definition) is 3. The van der Waals surface area contributed by atoms with Gasteiger partial charge in [-0.2, -0.15) is 0 Å². The number of carbonyl (C=O) groups excluding carboxylic acids is 1. The number of nitrogens with two attached hydrogens (primary N) is 1. The molecule has 0 unspecified atom stereocenters. The average molecular weight is 207 g/mol. The smallest absolute Gasteiger partial charge is 0.239 e. The molecule has 0 aromatic carbocycles. The average Bonchev–Trinajstić information content (AvgIpc) is 2.17. The lowest BCUT2D eigenvalue weighted by molar-refractivity contribution is -0.125. The number of hydrogen-bond donors (Lipinski definition) is 2. The lowest BCUT2D eigenvalue weighted by atomic mass is 10.0. The number of aromatic nitrogens is 1. The van der Waals surface area contributed by atoms with Crippen molar-refractivity contribution in [2.24, 2.45) is 5.73 Å². The summed E-state index contributed by atoms with van der Waals surface area (Å²) in [5, 5.41) is 2.83. The van der Waals surface area contributed by atoms with Gasteiger partial charge in [-0.25, -0.2) is 0 Å². The number of rotatable bonds is 3. The number of amides is 1. The molecule has 1 amide bonds. The Balaban J connectivity index is 2.65. The van der Waals surface area contributed by atoms with E-state index in [-0.39, 0.29) is 11.9 Å². The Morgan fingerprint density at radius 3 is 2.73 bits per heavy atom. The summed E-state index contributed by atoms with van der Waals surface area (Å²) in [6.45, 7) is 5.26. The van der Waals surface area contributed by atoms with Gasteiger partial charge in [-0.15, -0.1) is 0 Å². The second-order valence-corrected chi connectivity index (χ2v) is 4.20. The van der Waals surface area contributed by atoms with Crippen LogP contribution in [0.15, 0.2) is 24.5 Å². The van der Waals surface area contributed by atoms with Crippen LogP contribution in [-0.4, -0.2) is 16.4 Å². The molecule has 0 aliphatic rings. The van der Waals surface area contributed by atoms with Gasteiger partial charge in [0.2, 0.25) is 5.91 Å². The second kappa shape index (κ2) is 4.40. The molecule has 0 aliphatic carbocycles. The molecular weight excluding hydrogens is 190 g/mol. The number of carbonyl (C=O) groups is 1. The van der Waals surface area contributed by atoms with E-state index < -0.39 is 5.54 Å². The Morgan fingerprint density at radius 2 is 2.27 bits per heavy atom. The van der Waals surface area contributed by atoms with E-state index in [0.717, 1.165) is 5.56 Å². The Morgan fingerprint density at radius 1 is 1.60 bits per heavy atom. The molecule has 4 nitrogen and oxygen atoms in total. The van der Waals surface area contributed by atoms with Gasteiger partial charge in [0.1, 0.15) is 0 Å². The van der Waals surface area contributed by atoms with Gasteiger partial charge in [-0.05, 0) is 32.4 Å². The highest BCUT2D eigenvalue weighted by Crippen LogP contribution is 2.11. The molecule has 1 aromatic rings. The third-order valence-electron chi connectivity index (χ3n) is 2.12. The number of pyridine rings is 1. The molecular formula is C11H17N3O. The van der Waals surface area contributed by atoms with E-state index in [1.165, 1.54) is 0 Å². The molecule has 0 aliphatic heterocycles. The summed E-state index contributed by atoms with van der Waals surface area (Å²) in [7, 11) is 0. The predicted molar refractivity (Wildman–Crippen MR) is 59.1 cm³/mol. The lowest BCUT2D eigenvalue weighted by Crippen LogP contribution is -2.49. The zero-order chi connectivity index (χ0) is 11.5. The molecule has 0 bridgehead atoms. The van der Waals surface area contributed by atoms with Gasteiger partial charge in [-0.3, -0.25) is 9.78 Å². The molecule has 1 atom stereocenters. The molecule has 82 valence electrons. The van der Waals surface area contributed by atoms with Crippen LogP contribution in [0.3, 0.4) is 0 Å². The highest BCUT2D eigenvalue weighted by Gasteiger charge is 2.23. The minimum atomic E-state index is -0.851. The van der Waals surface area contributed by atoms with Crippen molar-refractivity contribution >= 4 is 5.91 Å². The van der Waals surface area contributed by atoms with Crippen LogP contribution in [0, 0.1) is 0 Å². The number of nitrogens with zero attached hydrogens (tertiary/aromatic N) is 1. The van der Waals surface area contributed by atoms with E-state index in [1.807, 2.05) is 19.1 Å². The lowest BCUT2D eigenvalue weighted by Gasteiger charge is -2.21. The quantitative estimate of drug-likeness (QED) is 0.776. The van der Waals surface area contributed by atoms with Crippen molar-refractivity contribution in [3.05, 3.63) is 30.1 Å². The second-order valence-electron chi connectivity index (χ2n) is 4.20. The standard InChI is InChI=1S/C11H17N3O/c1-8(9-5-4-6-13-7-9)14-10(15)11(2,3)12/h4-8H,12H2,1-3H3,(H,14,15)/t8-/m0/s1. The van der Waals surface area contributed by atoms with Crippen LogP contribution in [0.1, 0.15) is 32.4 Å². The molecule has 0 radical (unpaired) electrons. The fraction of sp³-hybridized carbons (Fsp3) is 0.455. The Kier molecular flexibility index (Phi) is 3.42. The van der Waals surface area contributed by atoms with Crippen molar-refractivity contribution in [1.82, 2.24) is 10.3 Å². The minimum absolute atomic E-state index is 0.0750. The monoisotopic (exact) mass is 207 g/mol. The molecule has 1 aromatic heterocycles. The summed E-state index contributed by atoms with van der Waals surface area (Å²) >= 11 is 0. The third-order valence-corrected chi connectivity index (χ3v) is 2.12. The van der Waals surface area contributed by atoms with Gasteiger partial charge < -0.3 is 11.1 Å². The molecule has 1 rings (SSSR count). The molecule has 0 fully saturated rings. The topological polar surface area (TPSA) is 68.0 Å². The summed E-state index contributed by atoms with van der Waals surface area (Å²) in [6, 6.07) is 3.68. The van der Waals surface area contributed by atoms with Gasteiger partial charge in [0, 0.05) is 12.4 Å². The third kappa shape index (κ3) is 3.32. The van der Waals surface area contributed by atoms with Crippen molar-refractivity contribution in [2.75, 3.05) is 0 Å². The van der Waals surface area contributed by atoms with E-state index in [9.17, 15) is 4.79 Å². The van der Waals surface area contributed by atoms with Crippen molar-refractivity contribution in [3.8, 4) is 0 Å². The summed E-state index contributed by atoms with van der Waals surface area (Å²) in [5.41, 5.74) is 5.79. The van der Waals surface area contributed by atoms with Crippen molar-refractivity contribution < 1.29 is 4.79 Å². The van der Waals surface area contributed by atoms with Crippen LogP contribution < -0.4 is 11.1 Å². The summed E-state index contributed by atoms with van der Waals surface area (Å²) < 4.78 is 0. The molecule has 4 heteroatoms. The maximum atomic E-state index is 11.6. The first-order valence-electron chi connectivity index (χ1n) is 4.91. The first kappa shape index (κ1) is 11.7. The van der Waals surface area contributed by atoms with E-state index in [0.29, 0.717) is 0 Å². The normalized spacial score (nSPS) is 13.3. The highest BCUT2D eigenvalue weighted by molar-refractivity contribution is 5.85. The van der Waals surface area contributed by atoms with Gasteiger partial charge >= 0.3 is 0 Å². The van der Waals surface area contributed by atoms with Crippen LogP contribution in [0.25, 0.3) is 0 Å². The Hall–Kier alpha value is -1.42. The van der Waals surface area contributed by atoms with E-state index in [1.54, 1.807) is 26.2 Å². The van der Waals surface area contributed by atoms with E-state index in [2.05, 4.69) is 10.3 Å². The Labute approximate surface area is 89.9 Å². The molecule has 0 spiro atoms. The highest BCUT2D eigenvalue weighted by atomic mass is 16.2. The fourth-order valence-electron chi connectivity index (χ4n) is 1.10. The molecule has 3 N–H and O–H groups in total. The van der Waals surface area contributed by atoms with Crippen molar-refractivity contribution in [2.45, 2.75) is 32.4 Å². The SMILES string of the molecule is C[C@H](NC(=O)C(C)(C)N)c1cccnc1. The van der Waals surface area contributed by atoms with Gasteiger partial charge in [-0.1, -0.05) is 6.07 Å². The minimum Gasteiger partial charge on any atom is -0.348 e. The van der Waals surface area contributed by atoms with Crippen LogP contribution in [0.5, 0.6) is 0 Å². The maximum Gasteiger partial charge on any atom is 0.239 e. The van der Waals surface area contributed by atoms with Crippen LogP contribution in [-0.2, 0) is 4.79 Å². The van der Waals surface area contributed by atoms with E-state index >= 15 is 0 Å². The summed E-state index contributed by atoms with van der Waals surface area (Å²) in [6.07, 6.45) is 3.43. The van der Waals surface area contributed by atoms with Crippen LogP contribution >= 0.6 is 0 Å². The van der Waals surface area contributed by atoms with Crippen molar-refractivity contribution in [3.63, 3.8) is 0 Å². The van der Waals surface area contributed by atoms with Gasteiger partial charge in [0.15, 0.2) is 0 Å². The van der Waals surface area contributed by atoms with Crippen LogP contribution in [0.4, 0.5) is 0 Å². The molecule has 15 heavy (non-hydrogen) atoms. The first-order chi connectivity index (χ1) is 6.91. The largest absolute Gasteiger partial charge is 0.348 e. The fourth-order valence-corrected chi connectivity index (χ4v) is 1.10. The summed E-state index contributed by atoms with van der Waals surface area (Å²) in [4.78, 5) is 15.6. The predicted octanol–water partition coefficient (Wildman–Crippen LogP) is 0.996. The molecule has 0 saturated carbocycles. The van der Waals surface area contributed by atoms with Crippen molar-refractivity contribution in [1.29, 1.82) is 0 Å². The zero-order valence-electron chi connectivity index (χ0n) is 9.32. The molecule has 1 heterocycles. The van der Waals surface area contributed by atoms with E-state index in [4.69, 9.17) is 5.73 Å². The van der Waals surface area contributed by atoms with Gasteiger partial charge in [0.05, 0.1) is 11.6 Å². The van der Waals surface area contributed by atoms with Gasteiger partial charge in [0.25, 0.3) is 0 Å². The Bertz CT molecular complexity index is 329. The maximum absolute atomic E-state index is 11.6. The van der Waals surface area contributed by atoms with Crippen LogP contribution in [0.2, 0.25) is 0 Å². The zero-order valence-corrected chi connectivity index (χ0v) is 9.32. The summed E-state index contributed by atoms with van der Waals surface area (Å²) in [5.74, 6) is -0.168. The number of nitrogens with one attached hydrogen (secondary N) is 1. The molecule has 0 saturated heterocycles.